The number of rotatable bonds is 4. The second kappa shape index (κ2) is 7.51. The minimum atomic E-state index is -0.377. The highest BCUT2D eigenvalue weighted by Crippen LogP contribution is 2.27. The van der Waals surface area contributed by atoms with Crippen LogP contribution in [0.3, 0.4) is 0 Å². The summed E-state index contributed by atoms with van der Waals surface area (Å²) in [7, 11) is 0. The summed E-state index contributed by atoms with van der Waals surface area (Å²) < 4.78 is 13.5. The normalized spacial score (nSPS) is 10.8. The van der Waals surface area contributed by atoms with Gasteiger partial charge in [-0.05, 0) is 56.7 Å². The van der Waals surface area contributed by atoms with Gasteiger partial charge in [0.05, 0.1) is 10.7 Å². The Morgan fingerprint density at radius 3 is 2.46 bits per heavy atom. The summed E-state index contributed by atoms with van der Waals surface area (Å²) in [5.41, 5.74) is 3.60. The molecule has 0 saturated heterocycles. The van der Waals surface area contributed by atoms with E-state index in [0.29, 0.717) is 22.0 Å². The summed E-state index contributed by atoms with van der Waals surface area (Å²) in [4.78, 5) is 21.2. The SMILES string of the molecule is Cc1cc(C(=O)Nc2sc(Cc3cc(F)cc(Cl)c3)nc2C)cc(C)n1. The fourth-order valence-corrected chi connectivity index (χ4v) is 3.91. The van der Waals surface area contributed by atoms with Crippen LogP contribution < -0.4 is 5.32 Å². The molecule has 1 N–H and O–H groups in total. The molecule has 3 aromatic rings. The maximum Gasteiger partial charge on any atom is 0.256 e. The summed E-state index contributed by atoms with van der Waals surface area (Å²) >= 11 is 7.27. The van der Waals surface area contributed by atoms with Crippen molar-refractivity contribution < 1.29 is 9.18 Å². The molecule has 0 atom stereocenters. The van der Waals surface area contributed by atoms with Crippen LogP contribution in [0.15, 0.2) is 30.3 Å². The number of carbonyl (C=O) groups is 1. The highest BCUT2D eigenvalue weighted by atomic mass is 35.5. The number of nitrogens with one attached hydrogen (secondary N) is 1. The Balaban J connectivity index is 1.78. The van der Waals surface area contributed by atoms with Crippen molar-refractivity contribution in [2.45, 2.75) is 27.2 Å². The first-order valence-electron chi connectivity index (χ1n) is 7.98. The first-order chi connectivity index (χ1) is 12.3. The second-order valence-electron chi connectivity index (χ2n) is 6.07. The predicted octanol–water partition coefficient (Wildman–Crippen LogP) is 5.10. The van der Waals surface area contributed by atoms with E-state index in [1.54, 1.807) is 18.2 Å². The van der Waals surface area contributed by atoms with Crippen LogP contribution >= 0.6 is 22.9 Å². The van der Waals surface area contributed by atoms with Crippen LogP contribution in [0.1, 0.15) is 38.0 Å². The molecule has 134 valence electrons. The molecule has 0 saturated carbocycles. The summed E-state index contributed by atoms with van der Waals surface area (Å²) in [5, 5.41) is 4.71. The molecule has 0 aliphatic heterocycles. The summed E-state index contributed by atoms with van der Waals surface area (Å²) in [5.74, 6) is -0.580. The summed E-state index contributed by atoms with van der Waals surface area (Å²) in [6.07, 6.45) is 0.451. The van der Waals surface area contributed by atoms with Gasteiger partial charge in [-0.3, -0.25) is 9.78 Å². The lowest BCUT2D eigenvalue weighted by Gasteiger charge is -2.05. The molecule has 0 fully saturated rings. The second-order valence-corrected chi connectivity index (χ2v) is 7.59. The van der Waals surface area contributed by atoms with E-state index >= 15 is 0 Å². The number of hydrogen-bond donors (Lipinski definition) is 1. The van der Waals surface area contributed by atoms with Gasteiger partial charge < -0.3 is 5.32 Å². The Bertz CT molecular complexity index is 946. The average Bonchev–Trinajstić information content (AvgIpc) is 2.84. The number of halogens is 2. The molecule has 26 heavy (non-hydrogen) atoms. The third-order valence-electron chi connectivity index (χ3n) is 3.69. The molecule has 0 unspecified atom stereocenters. The van der Waals surface area contributed by atoms with Crippen LogP contribution in [0.5, 0.6) is 0 Å². The molecule has 2 heterocycles. The minimum Gasteiger partial charge on any atom is -0.312 e. The molecular formula is C19H17ClFN3OS. The largest absolute Gasteiger partial charge is 0.312 e. The lowest BCUT2D eigenvalue weighted by atomic mass is 10.1. The number of aromatic nitrogens is 2. The van der Waals surface area contributed by atoms with Gasteiger partial charge >= 0.3 is 0 Å². The number of thiazole rings is 1. The maximum atomic E-state index is 13.5. The lowest BCUT2D eigenvalue weighted by molar-refractivity contribution is 0.102. The van der Waals surface area contributed by atoms with Gasteiger partial charge in [-0.25, -0.2) is 9.37 Å². The molecule has 7 heteroatoms. The Morgan fingerprint density at radius 2 is 1.81 bits per heavy atom. The Kier molecular flexibility index (Phi) is 5.34. The third-order valence-corrected chi connectivity index (χ3v) is 4.98. The third kappa shape index (κ3) is 4.45. The van der Waals surface area contributed by atoms with E-state index in [1.165, 1.54) is 23.5 Å². The van der Waals surface area contributed by atoms with Crippen LogP contribution in [-0.2, 0) is 6.42 Å². The quantitative estimate of drug-likeness (QED) is 0.675. The number of pyridine rings is 1. The smallest absolute Gasteiger partial charge is 0.256 e. The van der Waals surface area contributed by atoms with E-state index < -0.39 is 0 Å². The van der Waals surface area contributed by atoms with E-state index in [9.17, 15) is 9.18 Å². The van der Waals surface area contributed by atoms with Gasteiger partial charge in [-0.2, -0.15) is 0 Å². The molecule has 0 spiro atoms. The monoisotopic (exact) mass is 389 g/mol. The van der Waals surface area contributed by atoms with Gasteiger partial charge in [0.1, 0.15) is 10.8 Å². The van der Waals surface area contributed by atoms with Crippen LogP contribution in [-0.4, -0.2) is 15.9 Å². The highest BCUT2D eigenvalue weighted by molar-refractivity contribution is 7.16. The van der Waals surface area contributed by atoms with Crippen molar-refractivity contribution in [1.82, 2.24) is 9.97 Å². The van der Waals surface area contributed by atoms with E-state index in [2.05, 4.69) is 15.3 Å². The molecule has 0 bridgehead atoms. The fourth-order valence-electron chi connectivity index (χ4n) is 2.67. The van der Waals surface area contributed by atoms with Gasteiger partial charge in [-0.1, -0.05) is 11.6 Å². The van der Waals surface area contributed by atoms with E-state index in [-0.39, 0.29) is 11.7 Å². The summed E-state index contributed by atoms with van der Waals surface area (Å²) in [6, 6.07) is 7.90. The van der Waals surface area contributed by atoms with E-state index in [4.69, 9.17) is 11.6 Å². The molecular weight excluding hydrogens is 373 g/mol. The van der Waals surface area contributed by atoms with Crippen molar-refractivity contribution in [3.05, 3.63) is 74.4 Å². The molecule has 0 radical (unpaired) electrons. The standard InChI is InChI=1S/C19H17ClFN3OS/c1-10-4-14(5-11(2)22-10)18(25)24-19-12(3)23-17(26-19)8-13-6-15(20)9-16(21)7-13/h4-7,9H,8H2,1-3H3,(H,24,25). The van der Waals surface area contributed by atoms with E-state index in [1.807, 2.05) is 20.8 Å². The van der Waals surface area contributed by atoms with E-state index in [0.717, 1.165) is 27.7 Å². The zero-order valence-corrected chi connectivity index (χ0v) is 16.1. The van der Waals surface area contributed by atoms with Crippen molar-refractivity contribution in [3.8, 4) is 0 Å². The Morgan fingerprint density at radius 1 is 1.12 bits per heavy atom. The van der Waals surface area contributed by atoms with Crippen LogP contribution in [0.25, 0.3) is 0 Å². The van der Waals surface area contributed by atoms with Crippen molar-refractivity contribution >= 4 is 33.8 Å². The number of carbonyl (C=O) groups excluding carboxylic acids is 1. The van der Waals surface area contributed by atoms with Gasteiger partial charge in [0.15, 0.2) is 0 Å². The number of hydrogen-bond acceptors (Lipinski definition) is 4. The zero-order chi connectivity index (χ0) is 18.8. The van der Waals surface area contributed by atoms with Gasteiger partial charge in [0.25, 0.3) is 5.91 Å². The topological polar surface area (TPSA) is 54.9 Å². The highest BCUT2D eigenvalue weighted by Gasteiger charge is 2.14. The molecule has 3 rings (SSSR count). The Labute approximate surface area is 160 Å². The van der Waals surface area contributed by atoms with Gasteiger partial charge in [-0.15, -0.1) is 11.3 Å². The lowest BCUT2D eigenvalue weighted by Crippen LogP contribution is -2.12. The number of benzene rings is 1. The van der Waals surface area contributed by atoms with Gasteiger partial charge in [0, 0.05) is 28.4 Å². The number of amides is 1. The molecule has 2 aromatic heterocycles. The first kappa shape index (κ1) is 18.5. The maximum absolute atomic E-state index is 13.5. The van der Waals surface area contributed by atoms with Crippen molar-refractivity contribution in [1.29, 1.82) is 0 Å². The molecule has 1 amide bonds. The zero-order valence-electron chi connectivity index (χ0n) is 14.6. The number of anilines is 1. The molecule has 0 aliphatic carbocycles. The molecule has 0 aliphatic rings. The fraction of sp³-hybridized carbons (Fsp3) is 0.211. The van der Waals surface area contributed by atoms with Crippen LogP contribution in [0.2, 0.25) is 5.02 Å². The number of nitrogens with zero attached hydrogens (tertiary/aromatic N) is 2. The predicted molar refractivity (Wildman–Crippen MR) is 103 cm³/mol. The molecule has 4 nitrogen and oxygen atoms in total. The number of aryl methyl sites for hydroxylation is 3. The van der Waals surface area contributed by atoms with Gasteiger partial charge in [0.2, 0.25) is 0 Å². The van der Waals surface area contributed by atoms with Crippen molar-refractivity contribution in [2.75, 3.05) is 5.32 Å². The average molecular weight is 390 g/mol. The summed E-state index contributed by atoms with van der Waals surface area (Å²) in [6.45, 7) is 5.53. The Hall–Kier alpha value is -2.31. The van der Waals surface area contributed by atoms with Crippen LogP contribution in [0, 0.1) is 26.6 Å². The minimum absolute atomic E-state index is 0.203. The molecule has 1 aromatic carbocycles. The first-order valence-corrected chi connectivity index (χ1v) is 9.17. The van der Waals surface area contributed by atoms with Crippen LogP contribution in [0.4, 0.5) is 9.39 Å². The van der Waals surface area contributed by atoms with Crippen molar-refractivity contribution in [2.24, 2.45) is 0 Å². The van der Waals surface area contributed by atoms with Crippen molar-refractivity contribution in [3.63, 3.8) is 0 Å².